The number of carbonyl (C=O) groups excluding carboxylic acids is 2. The molecule has 1 aromatic heterocycles. The number of amides is 2. The van der Waals surface area contributed by atoms with Crippen LogP contribution >= 0.6 is 0 Å². The van der Waals surface area contributed by atoms with Crippen LogP contribution in [0.25, 0.3) is 0 Å². The summed E-state index contributed by atoms with van der Waals surface area (Å²) in [6.07, 6.45) is 1.99. The summed E-state index contributed by atoms with van der Waals surface area (Å²) in [6, 6.07) is 21.7. The van der Waals surface area contributed by atoms with Crippen molar-refractivity contribution < 1.29 is 14.3 Å². The number of pyridine rings is 1. The molecule has 0 aliphatic rings. The summed E-state index contributed by atoms with van der Waals surface area (Å²) in [4.78, 5) is 32.1. The van der Waals surface area contributed by atoms with Crippen LogP contribution in [0.2, 0.25) is 0 Å². The normalized spacial score (nSPS) is 11.4. The fraction of sp³-hybridized carbons (Fsp3) is 0.240. The van der Waals surface area contributed by atoms with E-state index in [-0.39, 0.29) is 11.8 Å². The van der Waals surface area contributed by atoms with E-state index in [9.17, 15) is 9.59 Å². The molecule has 0 fully saturated rings. The van der Waals surface area contributed by atoms with Crippen LogP contribution in [0, 0.1) is 0 Å². The molecule has 0 bridgehead atoms. The van der Waals surface area contributed by atoms with Crippen molar-refractivity contribution >= 4 is 11.8 Å². The van der Waals surface area contributed by atoms with E-state index in [4.69, 9.17) is 4.74 Å². The van der Waals surface area contributed by atoms with Crippen LogP contribution in [0.3, 0.4) is 0 Å². The summed E-state index contributed by atoms with van der Waals surface area (Å²) in [5.41, 5.74) is 2.43. The average molecular weight is 418 g/mol. The van der Waals surface area contributed by atoms with Crippen molar-refractivity contribution in [3.63, 3.8) is 0 Å². The van der Waals surface area contributed by atoms with Crippen LogP contribution in [-0.2, 0) is 22.7 Å². The monoisotopic (exact) mass is 417 g/mol. The second-order valence-electron chi connectivity index (χ2n) is 7.08. The minimum atomic E-state index is -0.750. The van der Waals surface area contributed by atoms with Gasteiger partial charge in [0.2, 0.25) is 11.8 Å². The summed E-state index contributed by atoms with van der Waals surface area (Å²) in [7, 11) is 1.61. The summed E-state index contributed by atoms with van der Waals surface area (Å²) >= 11 is 0. The van der Waals surface area contributed by atoms with Crippen LogP contribution in [0.15, 0.2) is 79.0 Å². The third kappa shape index (κ3) is 5.92. The topological polar surface area (TPSA) is 71.5 Å². The predicted molar refractivity (Wildman–Crippen MR) is 119 cm³/mol. The minimum Gasteiger partial charge on any atom is -0.497 e. The number of methoxy groups -OCH3 is 1. The first-order valence-corrected chi connectivity index (χ1v) is 10.3. The number of hydrogen-bond acceptors (Lipinski definition) is 4. The van der Waals surface area contributed by atoms with Gasteiger partial charge in [0.05, 0.1) is 19.3 Å². The van der Waals surface area contributed by atoms with Crippen molar-refractivity contribution in [3.05, 3.63) is 95.8 Å². The SMILES string of the molecule is CCC(=O)N(Cc1ccc(OC)cc1)[C@@H](C(=O)NCc1ccccn1)c1ccccc1. The van der Waals surface area contributed by atoms with Gasteiger partial charge in [0.25, 0.3) is 0 Å². The van der Waals surface area contributed by atoms with E-state index in [2.05, 4.69) is 10.3 Å². The van der Waals surface area contributed by atoms with E-state index in [1.54, 1.807) is 25.1 Å². The van der Waals surface area contributed by atoms with Gasteiger partial charge >= 0.3 is 0 Å². The molecule has 0 radical (unpaired) electrons. The lowest BCUT2D eigenvalue weighted by Crippen LogP contribution is -2.43. The van der Waals surface area contributed by atoms with E-state index in [1.165, 1.54) is 0 Å². The van der Waals surface area contributed by atoms with Gasteiger partial charge in [0, 0.05) is 19.2 Å². The maximum atomic E-state index is 13.3. The summed E-state index contributed by atoms with van der Waals surface area (Å²) in [5, 5.41) is 2.95. The summed E-state index contributed by atoms with van der Waals surface area (Å²) in [6.45, 7) is 2.41. The Morgan fingerprint density at radius 2 is 1.71 bits per heavy atom. The van der Waals surface area contributed by atoms with E-state index in [0.29, 0.717) is 19.5 Å². The highest BCUT2D eigenvalue weighted by Crippen LogP contribution is 2.25. The molecule has 3 aromatic rings. The molecule has 1 heterocycles. The fourth-order valence-electron chi connectivity index (χ4n) is 3.34. The Kier molecular flexibility index (Phi) is 7.76. The quantitative estimate of drug-likeness (QED) is 0.573. The Bertz CT molecular complexity index is 976. The Morgan fingerprint density at radius 3 is 2.32 bits per heavy atom. The molecular weight excluding hydrogens is 390 g/mol. The fourth-order valence-corrected chi connectivity index (χ4v) is 3.34. The summed E-state index contributed by atoms with van der Waals surface area (Å²) in [5.74, 6) is 0.398. The van der Waals surface area contributed by atoms with Crippen LogP contribution in [-0.4, -0.2) is 28.8 Å². The molecule has 6 nitrogen and oxygen atoms in total. The predicted octanol–water partition coefficient (Wildman–Crippen LogP) is 3.89. The molecule has 3 rings (SSSR count). The largest absolute Gasteiger partial charge is 0.497 e. The highest BCUT2D eigenvalue weighted by Gasteiger charge is 2.30. The number of benzene rings is 2. The summed E-state index contributed by atoms with van der Waals surface area (Å²) < 4.78 is 5.22. The van der Waals surface area contributed by atoms with Crippen molar-refractivity contribution in [1.82, 2.24) is 15.2 Å². The smallest absolute Gasteiger partial charge is 0.247 e. The van der Waals surface area contributed by atoms with Crippen LogP contribution < -0.4 is 10.1 Å². The van der Waals surface area contributed by atoms with Crippen molar-refractivity contribution in [2.24, 2.45) is 0 Å². The van der Waals surface area contributed by atoms with Crippen LogP contribution in [0.1, 0.15) is 36.2 Å². The number of rotatable bonds is 9. The number of hydrogen-bond donors (Lipinski definition) is 1. The molecule has 2 aromatic carbocycles. The molecule has 1 N–H and O–H groups in total. The number of aromatic nitrogens is 1. The number of carbonyl (C=O) groups is 2. The zero-order valence-corrected chi connectivity index (χ0v) is 17.8. The zero-order chi connectivity index (χ0) is 22.1. The average Bonchev–Trinajstić information content (AvgIpc) is 2.83. The first-order chi connectivity index (χ1) is 15.1. The van der Waals surface area contributed by atoms with E-state index < -0.39 is 6.04 Å². The number of nitrogens with zero attached hydrogens (tertiary/aromatic N) is 2. The molecule has 0 aliphatic heterocycles. The molecule has 0 aliphatic carbocycles. The van der Waals surface area contributed by atoms with Crippen LogP contribution in [0.4, 0.5) is 0 Å². The van der Waals surface area contributed by atoms with Gasteiger partial charge in [0.15, 0.2) is 0 Å². The van der Waals surface area contributed by atoms with Crippen molar-refractivity contribution in [1.29, 1.82) is 0 Å². The lowest BCUT2D eigenvalue weighted by Gasteiger charge is -2.31. The van der Waals surface area contributed by atoms with Gasteiger partial charge in [-0.2, -0.15) is 0 Å². The molecular formula is C25H27N3O3. The molecule has 0 saturated carbocycles. The van der Waals surface area contributed by atoms with E-state index in [1.807, 2.05) is 72.8 Å². The first kappa shape index (κ1) is 22.0. The van der Waals surface area contributed by atoms with Gasteiger partial charge in [-0.05, 0) is 35.4 Å². The zero-order valence-electron chi connectivity index (χ0n) is 17.8. The Hall–Kier alpha value is -3.67. The van der Waals surface area contributed by atoms with Crippen molar-refractivity contribution in [3.8, 4) is 5.75 Å². The maximum absolute atomic E-state index is 13.3. The third-order valence-corrected chi connectivity index (χ3v) is 4.98. The Balaban J connectivity index is 1.89. The Labute approximate surface area is 182 Å². The standard InChI is InChI=1S/C25H27N3O3/c1-3-23(29)28(18-19-12-14-22(31-2)15-13-19)24(20-9-5-4-6-10-20)25(30)27-17-21-11-7-8-16-26-21/h4-16,24H,3,17-18H2,1-2H3,(H,27,30)/t24-/m1/s1. The van der Waals surface area contributed by atoms with Gasteiger partial charge in [-0.3, -0.25) is 14.6 Å². The highest BCUT2D eigenvalue weighted by atomic mass is 16.5. The van der Waals surface area contributed by atoms with Gasteiger partial charge in [-0.25, -0.2) is 0 Å². The van der Waals surface area contributed by atoms with E-state index in [0.717, 1.165) is 22.6 Å². The third-order valence-electron chi connectivity index (χ3n) is 4.98. The second kappa shape index (κ2) is 10.9. The molecule has 31 heavy (non-hydrogen) atoms. The minimum absolute atomic E-state index is 0.0994. The van der Waals surface area contributed by atoms with Crippen molar-refractivity contribution in [2.45, 2.75) is 32.5 Å². The first-order valence-electron chi connectivity index (χ1n) is 10.3. The van der Waals surface area contributed by atoms with Crippen molar-refractivity contribution in [2.75, 3.05) is 7.11 Å². The molecule has 2 amide bonds. The molecule has 0 saturated heterocycles. The van der Waals surface area contributed by atoms with Gasteiger partial charge in [0.1, 0.15) is 11.8 Å². The maximum Gasteiger partial charge on any atom is 0.247 e. The molecule has 160 valence electrons. The lowest BCUT2D eigenvalue weighted by atomic mass is 10.0. The number of nitrogens with one attached hydrogen (secondary N) is 1. The van der Waals surface area contributed by atoms with Gasteiger partial charge in [-0.15, -0.1) is 0 Å². The molecule has 1 atom stereocenters. The van der Waals surface area contributed by atoms with Gasteiger partial charge in [-0.1, -0.05) is 55.5 Å². The Morgan fingerprint density at radius 1 is 1.00 bits per heavy atom. The number of ether oxygens (including phenoxy) is 1. The second-order valence-corrected chi connectivity index (χ2v) is 7.08. The molecule has 0 spiro atoms. The molecule has 0 unspecified atom stereocenters. The molecule has 6 heteroatoms. The lowest BCUT2D eigenvalue weighted by molar-refractivity contribution is -0.141. The van der Waals surface area contributed by atoms with Gasteiger partial charge < -0.3 is 15.0 Å². The highest BCUT2D eigenvalue weighted by molar-refractivity contribution is 5.88. The van der Waals surface area contributed by atoms with Crippen LogP contribution in [0.5, 0.6) is 5.75 Å². The van der Waals surface area contributed by atoms with E-state index >= 15 is 0 Å².